The summed E-state index contributed by atoms with van der Waals surface area (Å²) in [5.41, 5.74) is 0. The lowest BCUT2D eigenvalue weighted by atomic mass is 9.77. The van der Waals surface area contributed by atoms with E-state index in [-0.39, 0.29) is 0 Å². The van der Waals surface area contributed by atoms with Crippen molar-refractivity contribution in [1.29, 1.82) is 0 Å². The second kappa shape index (κ2) is 6.15. The number of alkyl halides is 1. The molecule has 0 bridgehead atoms. The third kappa shape index (κ3) is 3.92. The maximum atomic E-state index is 3.86. The van der Waals surface area contributed by atoms with Gasteiger partial charge in [-0.2, -0.15) is 0 Å². The summed E-state index contributed by atoms with van der Waals surface area (Å²) in [6.45, 7) is 7.13. The van der Waals surface area contributed by atoms with E-state index in [1.165, 1.54) is 38.5 Å². The minimum Gasteiger partial charge on any atom is -0.0888 e. The van der Waals surface area contributed by atoms with Crippen LogP contribution in [0.1, 0.15) is 59.3 Å². The summed E-state index contributed by atoms with van der Waals surface area (Å²) in [6.07, 6.45) is 8.46. The van der Waals surface area contributed by atoms with Crippen molar-refractivity contribution in [2.75, 3.05) is 0 Å². The van der Waals surface area contributed by atoms with Gasteiger partial charge in [-0.05, 0) is 43.4 Å². The molecule has 1 rings (SSSR count). The SMILES string of the molecule is CCCC(C)CC1CC(C)CCC1Br. The molecule has 0 aromatic carbocycles. The van der Waals surface area contributed by atoms with Gasteiger partial charge in [-0.1, -0.05) is 49.5 Å². The molecule has 0 N–H and O–H groups in total. The lowest BCUT2D eigenvalue weighted by molar-refractivity contribution is 0.250. The molecule has 0 aliphatic heterocycles. The molecular weight excluding hydrogens is 236 g/mol. The molecule has 0 radical (unpaired) electrons. The molecule has 0 amide bonds. The van der Waals surface area contributed by atoms with Gasteiger partial charge < -0.3 is 0 Å². The smallest absolute Gasteiger partial charge is 0.0174 e. The van der Waals surface area contributed by atoms with Gasteiger partial charge in [0.15, 0.2) is 0 Å². The zero-order valence-corrected chi connectivity index (χ0v) is 11.5. The molecule has 14 heavy (non-hydrogen) atoms. The van der Waals surface area contributed by atoms with Crippen LogP contribution in [0.3, 0.4) is 0 Å². The van der Waals surface area contributed by atoms with Crippen LogP contribution in [-0.2, 0) is 0 Å². The van der Waals surface area contributed by atoms with Gasteiger partial charge in [0.1, 0.15) is 0 Å². The number of hydrogen-bond acceptors (Lipinski definition) is 0. The first-order valence-electron chi connectivity index (χ1n) is 6.27. The minimum atomic E-state index is 0.804. The Balaban J connectivity index is 2.33. The molecule has 1 aliphatic carbocycles. The van der Waals surface area contributed by atoms with E-state index in [9.17, 15) is 0 Å². The van der Waals surface area contributed by atoms with Gasteiger partial charge in [0.25, 0.3) is 0 Å². The zero-order chi connectivity index (χ0) is 10.6. The van der Waals surface area contributed by atoms with E-state index in [0.29, 0.717) is 0 Å². The fourth-order valence-electron chi connectivity index (χ4n) is 2.83. The van der Waals surface area contributed by atoms with Gasteiger partial charge in [0.05, 0.1) is 0 Å². The third-order valence-corrected chi connectivity index (χ3v) is 4.84. The van der Waals surface area contributed by atoms with Crippen molar-refractivity contribution in [3.8, 4) is 0 Å². The Labute approximate surface area is 98.0 Å². The topological polar surface area (TPSA) is 0 Å². The van der Waals surface area contributed by atoms with Crippen molar-refractivity contribution in [3.63, 3.8) is 0 Å². The molecule has 0 aromatic heterocycles. The maximum absolute atomic E-state index is 3.86. The van der Waals surface area contributed by atoms with E-state index in [1.807, 2.05) is 0 Å². The van der Waals surface area contributed by atoms with Crippen molar-refractivity contribution in [2.45, 2.75) is 64.1 Å². The summed E-state index contributed by atoms with van der Waals surface area (Å²) in [5.74, 6) is 2.83. The second-order valence-corrected chi connectivity index (χ2v) is 6.50. The van der Waals surface area contributed by atoms with Crippen LogP contribution in [0, 0.1) is 17.8 Å². The fourth-order valence-corrected chi connectivity index (χ4v) is 3.53. The number of hydrogen-bond donors (Lipinski definition) is 0. The highest BCUT2D eigenvalue weighted by Gasteiger charge is 2.27. The Kier molecular flexibility index (Phi) is 5.51. The van der Waals surface area contributed by atoms with Crippen molar-refractivity contribution >= 4 is 15.9 Å². The number of rotatable bonds is 4. The van der Waals surface area contributed by atoms with E-state index in [4.69, 9.17) is 0 Å². The van der Waals surface area contributed by atoms with Crippen LogP contribution in [0.4, 0.5) is 0 Å². The average Bonchev–Trinajstić information content (AvgIpc) is 2.12. The van der Waals surface area contributed by atoms with Crippen molar-refractivity contribution in [2.24, 2.45) is 17.8 Å². The van der Waals surface area contributed by atoms with Crippen molar-refractivity contribution in [3.05, 3.63) is 0 Å². The quantitative estimate of drug-likeness (QED) is 0.624. The lowest BCUT2D eigenvalue weighted by Crippen LogP contribution is -2.25. The summed E-state index contributed by atoms with van der Waals surface area (Å²) in [6, 6.07) is 0. The third-order valence-electron chi connectivity index (χ3n) is 3.64. The van der Waals surface area contributed by atoms with Crippen LogP contribution in [-0.4, -0.2) is 4.83 Å². The lowest BCUT2D eigenvalue weighted by Gasteiger charge is -2.33. The van der Waals surface area contributed by atoms with E-state index < -0.39 is 0 Å². The van der Waals surface area contributed by atoms with Crippen LogP contribution in [0.25, 0.3) is 0 Å². The van der Waals surface area contributed by atoms with Gasteiger partial charge in [-0.25, -0.2) is 0 Å². The molecule has 1 saturated carbocycles. The van der Waals surface area contributed by atoms with Crippen molar-refractivity contribution < 1.29 is 0 Å². The van der Waals surface area contributed by atoms with Crippen LogP contribution < -0.4 is 0 Å². The molecule has 0 nitrogen and oxygen atoms in total. The van der Waals surface area contributed by atoms with Gasteiger partial charge in [-0.3, -0.25) is 0 Å². The minimum absolute atomic E-state index is 0.804. The molecule has 1 heteroatoms. The van der Waals surface area contributed by atoms with Crippen molar-refractivity contribution in [1.82, 2.24) is 0 Å². The Morgan fingerprint density at radius 1 is 1.36 bits per heavy atom. The first-order valence-corrected chi connectivity index (χ1v) is 7.19. The normalized spacial score (nSPS) is 35.6. The van der Waals surface area contributed by atoms with Crippen LogP contribution in [0.5, 0.6) is 0 Å². The van der Waals surface area contributed by atoms with E-state index in [1.54, 1.807) is 0 Å². The highest BCUT2D eigenvalue weighted by molar-refractivity contribution is 9.09. The van der Waals surface area contributed by atoms with E-state index in [0.717, 1.165) is 22.6 Å². The predicted molar refractivity (Wildman–Crippen MR) is 67.9 cm³/mol. The molecule has 1 fully saturated rings. The summed E-state index contributed by atoms with van der Waals surface area (Å²) in [4.78, 5) is 0.804. The second-order valence-electron chi connectivity index (χ2n) is 5.32. The Bertz CT molecular complexity index is 155. The van der Waals surface area contributed by atoms with Gasteiger partial charge in [0, 0.05) is 4.83 Å². The molecule has 0 spiro atoms. The van der Waals surface area contributed by atoms with Crippen LogP contribution in [0.15, 0.2) is 0 Å². The molecule has 4 atom stereocenters. The Hall–Kier alpha value is 0.480. The fraction of sp³-hybridized carbons (Fsp3) is 1.00. The summed E-state index contributed by atoms with van der Waals surface area (Å²) in [5, 5.41) is 0. The average molecular weight is 261 g/mol. The predicted octanol–water partition coefficient (Wildman–Crippen LogP) is 5.01. The van der Waals surface area contributed by atoms with Crippen LogP contribution >= 0.6 is 15.9 Å². The zero-order valence-electron chi connectivity index (χ0n) is 9.93. The molecule has 0 saturated heterocycles. The van der Waals surface area contributed by atoms with Crippen LogP contribution in [0.2, 0.25) is 0 Å². The monoisotopic (exact) mass is 260 g/mol. The molecule has 0 aromatic rings. The molecule has 1 aliphatic rings. The molecular formula is C13H25Br. The summed E-state index contributed by atoms with van der Waals surface area (Å²) in [7, 11) is 0. The maximum Gasteiger partial charge on any atom is 0.0174 e. The van der Waals surface area contributed by atoms with Gasteiger partial charge in [0.2, 0.25) is 0 Å². The largest absolute Gasteiger partial charge is 0.0888 e. The molecule has 4 unspecified atom stereocenters. The Morgan fingerprint density at radius 3 is 2.71 bits per heavy atom. The first kappa shape index (κ1) is 12.5. The first-order chi connectivity index (χ1) is 6.63. The number of halogens is 1. The van der Waals surface area contributed by atoms with Gasteiger partial charge in [-0.15, -0.1) is 0 Å². The summed E-state index contributed by atoms with van der Waals surface area (Å²) >= 11 is 3.86. The summed E-state index contributed by atoms with van der Waals surface area (Å²) < 4.78 is 0. The highest BCUT2D eigenvalue weighted by atomic mass is 79.9. The highest BCUT2D eigenvalue weighted by Crippen LogP contribution is 2.37. The van der Waals surface area contributed by atoms with Gasteiger partial charge >= 0.3 is 0 Å². The Morgan fingerprint density at radius 2 is 2.07 bits per heavy atom. The standard InChI is InChI=1S/C13H25Br/c1-4-5-10(2)8-12-9-11(3)6-7-13(12)14/h10-13H,4-9H2,1-3H3. The molecule has 0 heterocycles. The van der Waals surface area contributed by atoms with E-state index in [2.05, 4.69) is 36.7 Å². The molecule has 84 valence electrons. The van der Waals surface area contributed by atoms with E-state index >= 15 is 0 Å².